The van der Waals surface area contributed by atoms with Gasteiger partial charge >= 0.3 is 0 Å². The summed E-state index contributed by atoms with van der Waals surface area (Å²) in [6, 6.07) is 0. The number of nitrogens with zero attached hydrogens (tertiary/aromatic N) is 2. The van der Waals surface area contributed by atoms with Crippen LogP contribution in [0, 0.1) is 6.92 Å². The number of hydrogen-bond donors (Lipinski definition) is 1. The molecule has 1 fully saturated rings. The van der Waals surface area contributed by atoms with Gasteiger partial charge in [-0.2, -0.15) is 5.10 Å². The Morgan fingerprint density at radius 1 is 1.62 bits per heavy atom. The maximum Gasteiger partial charge on any atom is 0.0847 e. The van der Waals surface area contributed by atoms with E-state index in [9.17, 15) is 0 Å². The summed E-state index contributed by atoms with van der Waals surface area (Å²) in [5.41, 5.74) is 7.89. The zero-order chi connectivity index (χ0) is 11.8. The van der Waals surface area contributed by atoms with Crippen LogP contribution in [0.1, 0.15) is 24.2 Å². The van der Waals surface area contributed by atoms with E-state index in [1.54, 1.807) is 0 Å². The highest BCUT2D eigenvalue weighted by atomic mass is 35.5. The van der Waals surface area contributed by atoms with Gasteiger partial charge < -0.3 is 10.5 Å². The van der Waals surface area contributed by atoms with Crippen molar-refractivity contribution < 1.29 is 4.74 Å². The summed E-state index contributed by atoms with van der Waals surface area (Å²) in [5, 5.41) is 5.03. The first-order chi connectivity index (χ1) is 7.52. The quantitative estimate of drug-likeness (QED) is 0.855. The predicted octanol–water partition coefficient (Wildman–Crippen LogP) is 1.43. The molecule has 0 aliphatic carbocycles. The Morgan fingerprint density at radius 2 is 2.38 bits per heavy atom. The first-order valence-electron chi connectivity index (χ1n) is 5.56. The summed E-state index contributed by atoms with van der Waals surface area (Å²) >= 11 is 6.22. The van der Waals surface area contributed by atoms with Gasteiger partial charge in [-0.3, -0.25) is 4.68 Å². The summed E-state index contributed by atoms with van der Waals surface area (Å²) in [5.74, 6) is 0. The van der Waals surface area contributed by atoms with Crippen molar-refractivity contribution in [3.63, 3.8) is 0 Å². The average Bonchev–Trinajstić information content (AvgIpc) is 2.46. The zero-order valence-electron chi connectivity index (χ0n) is 9.79. The molecule has 0 saturated carbocycles. The number of aromatic nitrogens is 2. The molecule has 0 aromatic carbocycles. The topological polar surface area (TPSA) is 53.1 Å². The van der Waals surface area contributed by atoms with Gasteiger partial charge in [-0.15, -0.1) is 0 Å². The van der Waals surface area contributed by atoms with Crippen molar-refractivity contribution in [2.24, 2.45) is 12.8 Å². The average molecular weight is 244 g/mol. The van der Waals surface area contributed by atoms with Gasteiger partial charge in [-0.25, -0.2) is 0 Å². The molecule has 1 aromatic heterocycles. The maximum absolute atomic E-state index is 6.31. The predicted molar refractivity (Wildman–Crippen MR) is 63.6 cm³/mol. The minimum absolute atomic E-state index is 0.290. The van der Waals surface area contributed by atoms with Crippen LogP contribution in [-0.4, -0.2) is 28.5 Å². The van der Waals surface area contributed by atoms with Crippen LogP contribution in [0.2, 0.25) is 5.02 Å². The van der Waals surface area contributed by atoms with E-state index in [1.807, 2.05) is 18.7 Å². The molecule has 0 radical (unpaired) electrons. The summed E-state index contributed by atoms with van der Waals surface area (Å²) < 4.78 is 7.27. The van der Waals surface area contributed by atoms with Crippen molar-refractivity contribution in [3.8, 4) is 0 Å². The lowest BCUT2D eigenvalue weighted by Crippen LogP contribution is -2.49. The number of aryl methyl sites for hydroxylation is 2. The molecule has 90 valence electrons. The molecule has 1 aliphatic rings. The number of ether oxygens (including phenoxy) is 1. The summed E-state index contributed by atoms with van der Waals surface area (Å²) in [7, 11) is 1.90. The molecule has 1 saturated heterocycles. The van der Waals surface area contributed by atoms with Gasteiger partial charge in [-0.1, -0.05) is 11.6 Å². The minimum Gasteiger partial charge on any atom is -0.380 e. The molecule has 1 atom stereocenters. The Labute approximate surface area is 101 Å². The maximum atomic E-state index is 6.31. The normalized spacial score (nSPS) is 26.0. The third kappa shape index (κ3) is 2.24. The highest BCUT2D eigenvalue weighted by molar-refractivity contribution is 6.31. The van der Waals surface area contributed by atoms with Crippen LogP contribution in [0.25, 0.3) is 0 Å². The van der Waals surface area contributed by atoms with Crippen LogP contribution in [-0.2, 0) is 18.2 Å². The van der Waals surface area contributed by atoms with Gasteiger partial charge in [0.15, 0.2) is 0 Å². The van der Waals surface area contributed by atoms with Gasteiger partial charge in [0.2, 0.25) is 0 Å². The second-order valence-corrected chi connectivity index (χ2v) is 5.04. The highest BCUT2D eigenvalue weighted by Crippen LogP contribution is 2.26. The first-order valence-corrected chi connectivity index (χ1v) is 5.94. The number of halogens is 1. The van der Waals surface area contributed by atoms with E-state index < -0.39 is 0 Å². The lowest BCUT2D eigenvalue weighted by atomic mass is 9.88. The standard InChI is InChI=1S/C11H18ClN3O/c1-8-10(12)9(15(2)14-8)6-11(13)4-3-5-16-7-11/h3-7,13H2,1-2H3. The second-order valence-electron chi connectivity index (χ2n) is 4.66. The van der Waals surface area contributed by atoms with Gasteiger partial charge in [0.05, 0.1) is 23.0 Å². The SMILES string of the molecule is Cc1nn(C)c(CC2(N)CCCOC2)c1Cl. The highest BCUT2D eigenvalue weighted by Gasteiger charge is 2.31. The van der Waals surface area contributed by atoms with Crippen molar-refractivity contribution >= 4 is 11.6 Å². The molecular weight excluding hydrogens is 226 g/mol. The Kier molecular flexibility index (Phi) is 3.24. The van der Waals surface area contributed by atoms with Crippen LogP contribution in [0.5, 0.6) is 0 Å². The molecule has 0 bridgehead atoms. The van der Waals surface area contributed by atoms with Crippen LogP contribution < -0.4 is 5.73 Å². The summed E-state index contributed by atoms with van der Waals surface area (Å²) in [6.07, 6.45) is 2.72. The van der Waals surface area contributed by atoms with Crippen LogP contribution in [0.3, 0.4) is 0 Å². The zero-order valence-corrected chi connectivity index (χ0v) is 10.5. The van der Waals surface area contributed by atoms with E-state index in [0.717, 1.165) is 42.3 Å². The fourth-order valence-electron chi connectivity index (χ4n) is 2.22. The molecule has 0 spiro atoms. The Balaban J connectivity index is 2.19. The third-order valence-electron chi connectivity index (χ3n) is 3.13. The molecule has 2 rings (SSSR count). The van der Waals surface area contributed by atoms with E-state index in [0.29, 0.717) is 6.61 Å². The van der Waals surface area contributed by atoms with Gasteiger partial charge in [-0.05, 0) is 19.8 Å². The fourth-order valence-corrected chi connectivity index (χ4v) is 2.45. The molecule has 1 unspecified atom stereocenters. The molecule has 5 heteroatoms. The van der Waals surface area contributed by atoms with Crippen LogP contribution >= 0.6 is 11.6 Å². The summed E-state index contributed by atoms with van der Waals surface area (Å²) in [6.45, 7) is 3.33. The molecule has 2 heterocycles. The summed E-state index contributed by atoms with van der Waals surface area (Å²) in [4.78, 5) is 0. The Hall–Kier alpha value is -0.580. The third-order valence-corrected chi connectivity index (χ3v) is 3.63. The molecule has 4 nitrogen and oxygen atoms in total. The molecule has 1 aliphatic heterocycles. The van der Waals surface area contributed by atoms with Crippen molar-refractivity contribution in [1.82, 2.24) is 9.78 Å². The Bertz CT molecular complexity index is 383. The molecular formula is C11H18ClN3O. The van der Waals surface area contributed by atoms with Crippen molar-refractivity contribution in [1.29, 1.82) is 0 Å². The van der Waals surface area contributed by atoms with E-state index in [2.05, 4.69) is 5.10 Å². The molecule has 0 amide bonds. The van der Waals surface area contributed by atoms with E-state index in [4.69, 9.17) is 22.1 Å². The van der Waals surface area contributed by atoms with Gasteiger partial charge in [0.25, 0.3) is 0 Å². The first kappa shape index (κ1) is 11.9. The smallest absolute Gasteiger partial charge is 0.0847 e. The van der Waals surface area contributed by atoms with Crippen LogP contribution in [0.15, 0.2) is 0 Å². The van der Waals surface area contributed by atoms with Crippen LogP contribution in [0.4, 0.5) is 0 Å². The van der Waals surface area contributed by atoms with Gasteiger partial charge in [0, 0.05) is 25.6 Å². The second kappa shape index (κ2) is 4.35. The lowest BCUT2D eigenvalue weighted by molar-refractivity contribution is 0.0375. The van der Waals surface area contributed by atoms with E-state index >= 15 is 0 Å². The minimum atomic E-state index is -0.290. The van der Waals surface area contributed by atoms with Crippen molar-refractivity contribution in [3.05, 3.63) is 16.4 Å². The molecule has 16 heavy (non-hydrogen) atoms. The number of nitrogens with two attached hydrogens (primary N) is 1. The van der Waals surface area contributed by atoms with Crippen molar-refractivity contribution in [2.75, 3.05) is 13.2 Å². The van der Waals surface area contributed by atoms with E-state index in [-0.39, 0.29) is 5.54 Å². The largest absolute Gasteiger partial charge is 0.380 e. The van der Waals surface area contributed by atoms with E-state index in [1.165, 1.54) is 0 Å². The molecule has 1 aromatic rings. The number of rotatable bonds is 2. The van der Waals surface area contributed by atoms with Crippen molar-refractivity contribution in [2.45, 2.75) is 31.7 Å². The lowest BCUT2D eigenvalue weighted by Gasteiger charge is -2.33. The monoisotopic (exact) mass is 243 g/mol. The molecule has 2 N–H and O–H groups in total. The fraction of sp³-hybridized carbons (Fsp3) is 0.727. The number of hydrogen-bond acceptors (Lipinski definition) is 3. The Morgan fingerprint density at radius 3 is 2.88 bits per heavy atom. The van der Waals surface area contributed by atoms with Gasteiger partial charge in [0.1, 0.15) is 0 Å².